The van der Waals surface area contributed by atoms with Crippen LogP contribution in [-0.2, 0) is 0 Å². The maximum Gasteiger partial charge on any atom is 1.00 e. The fraction of sp³-hybridized carbons (Fsp3) is 0. The largest absolute Gasteiger partial charge is 1.00 e. The molecule has 1 rings (SSSR count). The van der Waals surface area contributed by atoms with E-state index in [4.69, 9.17) is 5.73 Å². The topological polar surface area (TPSA) is 49.1 Å². The molecule has 0 aliphatic carbocycles. The fourth-order valence-electron chi connectivity index (χ4n) is 0.468. The second-order valence-corrected chi connectivity index (χ2v) is 1.57. The number of nitrogens with two attached hydrogens (primary N) is 1. The standard InChI is InChI=1S/C6H7NO.Cs/c7-5-1-3-6(8)4-2-5;/h1-4,8H,7H2;/q;+1/p-1. The van der Waals surface area contributed by atoms with E-state index < -0.39 is 0 Å². The first-order valence-corrected chi connectivity index (χ1v) is 2.31. The molecule has 0 fully saturated rings. The van der Waals surface area contributed by atoms with Gasteiger partial charge in [0.1, 0.15) is 0 Å². The third-order valence-corrected chi connectivity index (χ3v) is 0.880. The summed E-state index contributed by atoms with van der Waals surface area (Å²) in [5.41, 5.74) is 5.92. The van der Waals surface area contributed by atoms with Crippen molar-refractivity contribution in [2.75, 3.05) is 5.73 Å². The smallest absolute Gasteiger partial charge is 0.872 e. The Hall–Kier alpha value is 0.872. The number of rotatable bonds is 0. The predicted octanol–water partition coefficient (Wildman–Crippen LogP) is -2.65. The molecular weight excluding hydrogens is 235 g/mol. The van der Waals surface area contributed by atoms with E-state index in [9.17, 15) is 5.11 Å². The van der Waals surface area contributed by atoms with Gasteiger partial charge in [-0.25, -0.2) is 0 Å². The molecule has 0 atom stereocenters. The molecular formula is C6H6CsNO. The first-order chi connectivity index (χ1) is 3.79. The second-order valence-electron chi connectivity index (χ2n) is 1.57. The Labute approximate surface area is 113 Å². The summed E-state index contributed by atoms with van der Waals surface area (Å²) in [6.45, 7) is 0. The Balaban J connectivity index is 0.000000640. The quantitative estimate of drug-likeness (QED) is 0.504. The first-order valence-electron chi connectivity index (χ1n) is 2.31. The van der Waals surface area contributed by atoms with Crippen LogP contribution in [0.3, 0.4) is 0 Å². The molecule has 1 aromatic carbocycles. The van der Waals surface area contributed by atoms with Crippen LogP contribution in [0.1, 0.15) is 0 Å². The molecule has 1 aromatic rings. The van der Waals surface area contributed by atoms with Gasteiger partial charge < -0.3 is 10.8 Å². The second kappa shape index (κ2) is 4.65. The van der Waals surface area contributed by atoms with Crippen LogP contribution in [0.15, 0.2) is 24.3 Å². The molecule has 0 spiro atoms. The van der Waals surface area contributed by atoms with Crippen LogP contribution < -0.4 is 79.7 Å². The summed E-state index contributed by atoms with van der Waals surface area (Å²) < 4.78 is 0. The van der Waals surface area contributed by atoms with Crippen molar-refractivity contribution in [1.82, 2.24) is 0 Å². The van der Waals surface area contributed by atoms with Gasteiger partial charge in [0.25, 0.3) is 0 Å². The summed E-state index contributed by atoms with van der Waals surface area (Å²) in [5.74, 6) is -0.000741. The number of benzene rings is 1. The monoisotopic (exact) mass is 241 g/mol. The summed E-state index contributed by atoms with van der Waals surface area (Å²) in [5, 5.41) is 10.4. The molecule has 0 saturated heterocycles. The van der Waals surface area contributed by atoms with Gasteiger partial charge in [-0.2, -0.15) is 0 Å². The summed E-state index contributed by atoms with van der Waals surface area (Å²) in [7, 11) is 0. The van der Waals surface area contributed by atoms with Crippen molar-refractivity contribution in [2.45, 2.75) is 0 Å². The third-order valence-electron chi connectivity index (χ3n) is 0.880. The Kier molecular flexibility index (Phi) is 5.10. The van der Waals surface area contributed by atoms with E-state index in [0.717, 1.165) is 0 Å². The molecule has 0 aromatic heterocycles. The molecule has 0 aliphatic rings. The number of hydrogen-bond acceptors (Lipinski definition) is 2. The minimum atomic E-state index is -0.000741. The van der Waals surface area contributed by atoms with Crippen LogP contribution >= 0.6 is 0 Å². The molecule has 0 saturated carbocycles. The normalized spacial score (nSPS) is 8.00. The van der Waals surface area contributed by atoms with Gasteiger partial charge in [0, 0.05) is 5.69 Å². The molecule has 0 radical (unpaired) electrons. The molecule has 0 unspecified atom stereocenters. The van der Waals surface area contributed by atoms with Gasteiger partial charge in [-0.05, 0) is 12.1 Å². The first kappa shape index (κ1) is 9.87. The van der Waals surface area contributed by atoms with Crippen LogP contribution in [0.25, 0.3) is 0 Å². The molecule has 9 heavy (non-hydrogen) atoms. The van der Waals surface area contributed by atoms with Gasteiger partial charge in [0.2, 0.25) is 0 Å². The van der Waals surface area contributed by atoms with Crippen molar-refractivity contribution in [3.8, 4) is 5.75 Å². The molecule has 0 bridgehead atoms. The van der Waals surface area contributed by atoms with Gasteiger partial charge >= 0.3 is 68.9 Å². The van der Waals surface area contributed by atoms with Gasteiger partial charge in [-0.3, -0.25) is 0 Å². The summed E-state index contributed by atoms with van der Waals surface area (Å²) >= 11 is 0. The van der Waals surface area contributed by atoms with Gasteiger partial charge in [-0.15, -0.1) is 5.75 Å². The molecule has 2 N–H and O–H groups in total. The number of nitrogen functional groups attached to an aromatic ring is 1. The van der Waals surface area contributed by atoms with Crippen molar-refractivity contribution in [1.29, 1.82) is 0 Å². The van der Waals surface area contributed by atoms with Crippen molar-refractivity contribution in [3.63, 3.8) is 0 Å². The van der Waals surface area contributed by atoms with Gasteiger partial charge in [-0.1, -0.05) is 12.1 Å². The van der Waals surface area contributed by atoms with E-state index >= 15 is 0 Å². The third kappa shape index (κ3) is 3.54. The maximum absolute atomic E-state index is 10.4. The molecule has 3 heteroatoms. The van der Waals surface area contributed by atoms with E-state index in [-0.39, 0.29) is 74.6 Å². The molecule has 42 valence electrons. The SMILES string of the molecule is Nc1ccc([O-])cc1.[Cs+]. The van der Waals surface area contributed by atoms with Gasteiger partial charge in [0.15, 0.2) is 0 Å². The molecule has 0 aliphatic heterocycles. The van der Waals surface area contributed by atoms with Crippen molar-refractivity contribution in [3.05, 3.63) is 24.3 Å². The molecule has 0 amide bonds. The summed E-state index contributed by atoms with van der Waals surface area (Å²) in [4.78, 5) is 0. The zero-order valence-corrected chi connectivity index (χ0v) is 11.6. The van der Waals surface area contributed by atoms with Crippen LogP contribution in [0.2, 0.25) is 0 Å². The average Bonchev–Trinajstić information content (AvgIpc) is 1.77. The zero-order chi connectivity index (χ0) is 5.98. The summed E-state index contributed by atoms with van der Waals surface area (Å²) in [6, 6.07) is 6.05. The average molecular weight is 241 g/mol. The maximum atomic E-state index is 10.4. The Morgan fingerprint density at radius 1 is 1.11 bits per heavy atom. The Morgan fingerprint density at radius 2 is 1.56 bits per heavy atom. The van der Waals surface area contributed by atoms with E-state index in [1.807, 2.05) is 0 Å². The van der Waals surface area contributed by atoms with Gasteiger partial charge in [0.05, 0.1) is 0 Å². The van der Waals surface area contributed by atoms with Crippen LogP contribution in [0.4, 0.5) is 5.69 Å². The predicted molar refractivity (Wildman–Crippen MR) is 30.3 cm³/mol. The van der Waals surface area contributed by atoms with Crippen LogP contribution in [0, 0.1) is 0 Å². The van der Waals surface area contributed by atoms with E-state index in [1.165, 1.54) is 12.1 Å². The van der Waals surface area contributed by atoms with E-state index in [1.54, 1.807) is 12.1 Å². The van der Waals surface area contributed by atoms with Crippen LogP contribution in [0.5, 0.6) is 5.75 Å². The minimum absolute atomic E-state index is 0. The number of anilines is 1. The van der Waals surface area contributed by atoms with Crippen molar-refractivity contribution < 1.29 is 74.0 Å². The fourth-order valence-corrected chi connectivity index (χ4v) is 0.468. The zero-order valence-electron chi connectivity index (χ0n) is 5.29. The number of hydrogen-bond donors (Lipinski definition) is 1. The van der Waals surface area contributed by atoms with Crippen molar-refractivity contribution in [2.24, 2.45) is 0 Å². The molecule has 0 heterocycles. The summed E-state index contributed by atoms with van der Waals surface area (Å²) in [6.07, 6.45) is 0. The van der Waals surface area contributed by atoms with Crippen LogP contribution in [-0.4, -0.2) is 0 Å². The van der Waals surface area contributed by atoms with E-state index in [2.05, 4.69) is 0 Å². The Morgan fingerprint density at radius 3 is 1.89 bits per heavy atom. The Bertz CT molecular complexity index is 152. The minimum Gasteiger partial charge on any atom is -0.872 e. The van der Waals surface area contributed by atoms with Crippen molar-refractivity contribution >= 4 is 5.69 Å². The molecule has 2 nitrogen and oxygen atoms in total. The van der Waals surface area contributed by atoms with E-state index in [0.29, 0.717) is 5.69 Å².